The van der Waals surface area contributed by atoms with E-state index in [0.29, 0.717) is 0 Å². The van der Waals surface area contributed by atoms with Gasteiger partial charge in [0.15, 0.2) is 5.71 Å². The molecule has 0 amide bonds. The summed E-state index contributed by atoms with van der Waals surface area (Å²) in [4.78, 5) is 0. The Bertz CT molecular complexity index is 1270. The quantitative estimate of drug-likeness (QED) is 0.313. The normalized spacial score (nSPS) is 15.0. The van der Waals surface area contributed by atoms with Crippen LogP contribution in [0.5, 0.6) is 0 Å². The third-order valence-corrected chi connectivity index (χ3v) is 6.00. The van der Waals surface area contributed by atoms with Crippen molar-refractivity contribution in [2.75, 3.05) is 14.1 Å². The topological polar surface area (TPSA) is 12.2 Å². The van der Waals surface area contributed by atoms with Crippen LogP contribution in [-0.2, 0) is 17.6 Å². The number of nitrogens with zero attached hydrogens (tertiary/aromatic N) is 1. The second kappa shape index (κ2) is 14.8. The molecule has 0 saturated carbocycles. The number of rotatable bonds is 5. The van der Waals surface area contributed by atoms with Crippen LogP contribution in [0.2, 0.25) is 0 Å². The first-order chi connectivity index (χ1) is 17.8. The zero-order valence-electron chi connectivity index (χ0n) is 22.1. The minimum absolute atomic E-state index is 0. The smallest absolute Gasteiger partial charge is 0.762 e. The lowest BCUT2D eigenvalue weighted by molar-refractivity contribution is -0.462. The molecule has 1 aliphatic carbocycles. The van der Waals surface area contributed by atoms with Crippen LogP contribution in [0.15, 0.2) is 108 Å². The van der Waals surface area contributed by atoms with Crippen molar-refractivity contribution < 1.29 is 27.0 Å². The first-order valence-electron chi connectivity index (χ1n) is 12.3. The standard InChI is InChI=1S/C31H32NO.BF3.FH/c1-5-23-7-14-26(15-8-23)28-21-30(20-13-25-11-18-29(19-12-25)32(3)4)33-31(22-28)27-16-9-24(6-2)10-17-27;2-1(3)4;/h7-22H,5-6H2,1-4H3;;1H/q+1;;/p-1. The number of allylic oxidation sites excluding steroid dienone is 10. The zero-order valence-corrected chi connectivity index (χ0v) is 22.1. The average molecular weight is 521 g/mol. The van der Waals surface area contributed by atoms with Crippen molar-refractivity contribution >= 4 is 24.6 Å². The summed E-state index contributed by atoms with van der Waals surface area (Å²) in [7, 11) is 0.438. The van der Waals surface area contributed by atoms with E-state index >= 15 is 0 Å². The Morgan fingerprint density at radius 2 is 1.24 bits per heavy atom. The number of ether oxygens (including phenoxy) is 1. The molecule has 0 spiro atoms. The number of benzene rings is 2. The molecule has 7 heteroatoms. The molecule has 0 unspecified atom stereocenters. The van der Waals surface area contributed by atoms with Crippen LogP contribution in [-0.4, -0.2) is 31.9 Å². The largest absolute Gasteiger partial charge is 1.00 e. The van der Waals surface area contributed by atoms with Crippen LogP contribution < -0.4 is 4.70 Å². The molecule has 4 rings (SSSR count). The molecule has 0 atom stereocenters. The molecule has 1 heterocycles. The molecule has 38 heavy (non-hydrogen) atoms. The molecular weight excluding hydrogens is 489 g/mol. The minimum Gasteiger partial charge on any atom is -1.00 e. The summed E-state index contributed by atoms with van der Waals surface area (Å²) < 4.78 is 37.4. The van der Waals surface area contributed by atoms with Gasteiger partial charge in [-0.3, -0.25) is 12.9 Å². The summed E-state index contributed by atoms with van der Waals surface area (Å²) in [6, 6.07) is 17.5. The minimum atomic E-state index is -3.67. The maximum atomic E-state index is 9.67. The van der Waals surface area contributed by atoms with E-state index in [0.717, 1.165) is 41.1 Å². The molecule has 1 aliphatic heterocycles. The number of hydrogen-bond donors (Lipinski definition) is 0. The zero-order chi connectivity index (χ0) is 26.8. The second-order valence-electron chi connectivity index (χ2n) is 8.78. The van der Waals surface area contributed by atoms with Gasteiger partial charge in [0.2, 0.25) is 0 Å². The van der Waals surface area contributed by atoms with Crippen molar-refractivity contribution in [2.24, 2.45) is 0 Å². The van der Waals surface area contributed by atoms with Crippen molar-refractivity contribution in [1.82, 2.24) is 0 Å². The van der Waals surface area contributed by atoms with Gasteiger partial charge in [-0.1, -0.05) is 68.5 Å². The van der Waals surface area contributed by atoms with E-state index < -0.39 is 7.54 Å². The molecule has 0 N–H and O–H groups in total. The first-order valence-corrected chi connectivity index (χ1v) is 12.3. The third-order valence-electron chi connectivity index (χ3n) is 6.00. The molecule has 0 bridgehead atoms. The Hall–Kier alpha value is -3.87. The summed E-state index contributed by atoms with van der Waals surface area (Å²) >= 11 is 0. The highest BCUT2D eigenvalue weighted by Gasteiger charge is 2.14. The van der Waals surface area contributed by atoms with Crippen molar-refractivity contribution in [3.05, 3.63) is 131 Å². The predicted molar refractivity (Wildman–Crippen MR) is 149 cm³/mol. The van der Waals surface area contributed by atoms with Gasteiger partial charge in [0, 0.05) is 17.7 Å². The van der Waals surface area contributed by atoms with Crippen LogP contribution >= 0.6 is 0 Å². The monoisotopic (exact) mass is 521 g/mol. The van der Waals surface area contributed by atoms with Crippen molar-refractivity contribution in [2.45, 2.75) is 26.7 Å². The van der Waals surface area contributed by atoms with Crippen molar-refractivity contribution in [3.63, 3.8) is 0 Å². The van der Waals surface area contributed by atoms with E-state index in [1.54, 1.807) is 0 Å². The van der Waals surface area contributed by atoms with Crippen molar-refractivity contribution in [3.8, 4) is 0 Å². The fourth-order valence-electron chi connectivity index (χ4n) is 3.81. The molecule has 0 radical (unpaired) electrons. The highest BCUT2D eigenvalue weighted by molar-refractivity contribution is 6.33. The summed E-state index contributed by atoms with van der Waals surface area (Å²) in [6.07, 6.45) is 19.0. The Morgan fingerprint density at radius 1 is 0.737 bits per heavy atom. The molecule has 198 valence electrons. The predicted octanol–water partition coefficient (Wildman–Crippen LogP) is 4.80. The molecule has 2 aromatic rings. The van der Waals surface area contributed by atoms with Crippen LogP contribution in [0, 0.1) is 0 Å². The molecule has 0 aromatic heterocycles. The Balaban J connectivity index is 0.000000947. The fraction of sp³-hybridized carbons (Fsp3) is 0.194. The second-order valence-corrected chi connectivity index (χ2v) is 8.78. The summed E-state index contributed by atoms with van der Waals surface area (Å²) in [5.74, 6) is 1.70. The van der Waals surface area contributed by atoms with E-state index in [1.165, 1.54) is 22.4 Å². The molecule has 2 nitrogen and oxygen atoms in total. The van der Waals surface area contributed by atoms with E-state index in [2.05, 4.69) is 130 Å². The van der Waals surface area contributed by atoms with Gasteiger partial charge in [-0.05, 0) is 71.1 Å². The lowest BCUT2D eigenvalue weighted by Crippen LogP contribution is -3.00. The van der Waals surface area contributed by atoms with Crippen LogP contribution in [0.3, 0.4) is 0 Å². The SMILES string of the molecule is CCc1ccc(C2=CC(=CC=C3C=CC(=[N+](C)C)C=C3)OC(c3ccc(CC)cc3)=C2)cc1.FB(F)F.[F-]. The summed E-state index contributed by atoms with van der Waals surface area (Å²) in [5, 5.41) is 0. The Morgan fingerprint density at radius 3 is 1.71 bits per heavy atom. The van der Waals surface area contributed by atoms with Gasteiger partial charge in [-0.15, -0.1) is 0 Å². The van der Waals surface area contributed by atoms with Gasteiger partial charge in [-0.2, -0.15) is 0 Å². The first kappa shape index (κ1) is 30.4. The molecule has 0 saturated heterocycles. The van der Waals surface area contributed by atoms with E-state index in [-0.39, 0.29) is 4.70 Å². The maximum absolute atomic E-state index is 9.67. The van der Waals surface area contributed by atoms with Gasteiger partial charge >= 0.3 is 7.54 Å². The Kier molecular flexibility index (Phi) is 11.8. The maximum Gasteiger partial charge on any atom is 0.762 e. The number of halogens is 4. The van der Waals surface area contributed by atoms with Gasteiger partial charge in [0.25, 0.3) is 0 Å². The van der Waals surface area contributed by atoms with Gasteiger partial charge < -0.3 is 9.44 Å². The van der Waals surface area contributed by atoms with Gasteiger partial charge in [0.05, 0.1) is 0 Å². The fourth-order valence-corrected chi connectivity index (χ4v) is 3.81. The highest BCUT2D eigenvalue weighted by Crippen LogP contribution is 2.32. The molecular formula is C31H32BF4NO. The highest BCUT2D eigenvalue weighted by atomic mass is 19.4. The number of hydrogen-bond acceptors (Lipinski definition) is 1. The molecule has 2 aromatic carbocycles. The third kappa shape index (κ3) is 8.91. The van der Waals surface area contributed by atoms with Crippen LogP contribution in [0.4, 0.5) is 12.9 Å². The summed E-state index contributed by atoms with van der Waals surface area (Å²) in [5.41, 5.74) is 8.43. The van der Waals surface area contributed by atoms with Crippen molar-refractivity contribution in [1.29, 1.82) is 0 Å². The summed E-state index contributed by atoms with van der Waals surface area (Å²) in [6.45, 7) is 4.36. The van der Waals surface area contributed by atoms with Gasteiger partial charge in [0.1, 0.15) is 25.6 Å². The molecule has 0 fully saturated rings. The van der Waals surface area contributed by atoms with Gasteiger partial charge in [-0.25, -0.2) is 4.58 Å². The van der Waals surface area contributed by atoms with Crippen LogP contribution in [0.1, 0.15) is 36.1 Å². The van der Waals surface area contributed by atoms with Crippen LogP contribution in [0.25, 0.3) is 11.3 Å². The van der Waals surface area contributed by atoms with E-state index in [1.807, 2.05) is 0 Å². The average Bonchev–Trinajstić information content (AvgIpc) is 2.91. The van der Waals surface area contributed by atoms with E-state index in [9.17, 15) is 12.9 Å². The number of aryl methyl sites for hydroxylation is 2. The lowest BCUT2D eigenvalue weighted by atomic mass is 9.98. The van der Waals surface area contributed by atoms with E-state index in [4.69, 9.17) is 4.74 Å². The Labute approximate surface area is 223 Å². The lowest BCUT2D eigenvalue weighted by Gasteiger charge is -2.18. The molecule has 2 aliphatic rings.